The van der Waals surface area contributed by atoms with Gasteiger partial charge in [-0.15, -0.1) is 0 Å². The molecule has 3 heteroatoms. The second kappa shape index (κ2) is 6.56. The highest BCUT2D eigenvalue weighted by molar-refractivity contribution is 5.63. The van der Waals surface area contributed by atoms with Crippen molar-refractivity contribution >= 4 is 0 Å². The normalized spacial score (nSPS) is 28.8. The third-order valence-electron chi connectivity index (χ3n) is 5.80. The Labute approximate surface area is 150 Å². The molecule has 2 saturated heterocycles. The molecule has 1 N–H and O–H groups in total. The van der Waals surface area contributed by atoms with Crippen LogP contribution in [0.5, 0.6) is 0 Å². The third-order valence-corrected chi connectivity index (χ3v) is 5.80. The lowest BCUT2D eigenvalue weighted by Gasteiger charge is -2.51. The molecule has 0 aliphatic carbocycles. The van der Waals surface area contributed by atoms with Gasteiger partial charge in [-0.1, -0.05) is 54.6 Å². The number of aliphatic hydroxyl groups is 1. The van der Waals surface area contributed by atoms with Gasteiger partial charge in [0.25, 0.3) is 0 Å². The maximum atomic E-state index is 11.4. The van der Waals surface area contributed by atoms with Crippen molar-refractivity contribution in [3.63, 3.8) is 0 Å². The van der Waals surface area contributed by atoms with Gasteiger partial charge in [-0.2, -0.15) is 0 Å². The first-order chi connectivity index (χ1) is 12.1. The molecule has 132 valence electrons. The van der Waals surface area contributed by atoms with Crippen LogP contribution in [-0.2, 0) is 10.5 Å². The highest BCUT2D eigenvalue weighted by atomic mass is 16.6. The topological polar surface area (TPSA) is 29.5 Å². The van der Waals surface area contributed by atoms with Gasteiger partial charge in [0.15, 0.2) is 0 Å². The van der Waals surface area contributed by atoms with E-state index >= 15 is 0 Å². The molecule has 0 radical (unpaired) electrons. The molecule has 3 nitrogen and oxygen atoms in total. The van der Waals surface area contributed by atoms with Gasteiger partial charge in [0, 0.05) is 5.56 Å². The zero-order chi connectivity index (χ0) is 17.3. The quantitative estimate of drug-likeness (QED) is 0.841. The molecule has 0 saturated carbocycles. The lowest BCUT2D eigenvalue weighted by Crippen LogP contribution is -2.65. The van der Waals surface area contributed by atoms with Crippen LogP contribution in [-0.4, -0.2) is 41.9 Å². The van der Waals surface area contributed by atoms with Crippen LogP contribution in [0.1, 0.15) is 31.7 Å². The van der Waals surface area contributed by atoms with Crippen LogP contribution in [0.4, 0.5) is 0 Å². The fraction of sp³-hybridized carbons (Fsp3) is 0.455. The van der Waals surface area contributed by atoms with Gasteiger partial charge in [0.2, 0.25) is 5.79 Å². The van der Waals surface area contributed by atoms with Crippen molar-refractivity contribution in [2.24, 2.45) is 0 Å². The van der Waals surface area contributed by atoms with Gasteiger partial charge >= 0.3 is 0 Å². The molecule has 2 aliphatic heterocycles. The van der Waals surface area contributed by atoms with E-state index in [-0.39, 0.29) is 6.10 Å². The molecular formula is C22H28NO2+. The highest BCUT2D eigenvalue weighted by Gasteiger charge is 2.49. The number of quaternary nitrogens is 1. The molecule has 2 heterocycles. The Hall–Kier alpha value is -1.68. The minimum absolute atomic E-state index is 0.0747. The summed E-state index contributed by atoms with van der Waals surface area (Å²) in [6.07, 6.45) is 3.91. The molecule has 2 aliphatic rings. The first-order valence-electron chi connectivity index (χ1n) is 9.50. The summed E-state index contributed by atoms with van der Waals surface area (Å²) in [5.41, 5.74) is 3.24. The second-order valence-electron chi connectivity index (χ2n) is 7.85. The number of hydrogen-bond acceptors (Lipinski definition) is 2. The summed E-state index contributed by atoms with van der Waals surface area (Å²) < 4.78 is 7.07. The molecule has 25 heavy (non-hydrogen) atoms. The van der Waals surface area contributed by atoms with Crippen molar-refractivity contribution in [3.05, 3.63) is 60.2 Å². The van der Waals surface area contributed by atoms with E-state index in [2.05, 4.69) is 31.2 Å². The molecule has 4 rings (SSSR count). The molecule has 2 unspecified atom stereocenters. The number of piperidine rings is 1. The predicted molar refractivity (Wildman–Crippen MR) is 99.9 cm³/mol. The molecular weight excluding hydrogens is 310 g/mol. The summed E-state index contributed by atoms with van der Waals surface area (Å²) in [5.74, 6) is -1.18. The van der Waals surface area contributed by atoms with Crippen LogP contribution in [0.3, 0.4) is 0 Å². The van der Waals surface area contributed by atoms with E-state index in [1.807, 2.05) is 30.3 Å². The average molecular weight is 338 g/mol. The van der Waals surface area contributed by atoms with Crippen molar-refractivity contribution in [2.75, 3.05) is 26.2 Å². The number of hydrogen-bond donors (Lipinski definition) is 1. The van der Waals surface area contributed by atoms with Crippen molar-refractivity contribution in [3.8, 4) is 11.1 Å². The monoisotopic (exact) mass is 338 g/mol. The maximum absolute atomic E-state index is 11.4. The van der Waals surface area contributed by atoms with E-state index in [4.69, 9.17) is 4.74 Å². The Balaban J connectivity index is 1.61. The Morgan fingerprint density at radius 1 is 0.920 bits per heavy atom. The molecule has 0 aromatic heterocycles. The highest BCUT2D eigenvalue weighted by Crippen LogP contribution is 2.36. The van der Waals surface area contributed by atoms with Crippen molar-refractivity contribution < 1.29 is 14.3 Å². The van der Waals surface area contributed by atoms with E-state index in [1.54, 1.807) is 0 Å². The largest absolute Gasteiger partial charge is 0.357 e. The Bertz CT molecular complexity index is 707. The van der Waals surface area contributed by atoms with E-state index in [1.165, 1.54) is 30.4 Å². The summed E-state index contributed by atoms with van der Waals surface area (Å²) in [6, 6.07) is 18.6. The number of rotatable bonds is 2. The first kappa shape index (κ1) is 16.8. The second-order valence-corrected chi connectivity index (χ2v) is 7.85. The lowest BCUT2D eigenvalue weighted by atomic mass is 9.95. The number of morpholine rings is 1. The van der Waals surface area contributed by atoms with E-state index < -0.39 is 5.79 Å². The van der Waals surface area contributed by atoms with Gasteiger partial charge in [-0.3, -0.25) is 0 Å². The zero-order valence-corrected chi connectivity index (χ0v) is 15.0. The fourth-order valence-electron chi connectivity index (χ4n) is 4.71. The Morgan fingerprint density at radius 3 is 2.24 bits per heavy atom. The van der Waals surface area contributed by atoms with Gasteiger partial charge in [0.1, 0.15) is 19.2 Å². The molecule has 2 aromatic rings. The molecule has 1 spiro atoms. The van der Waals surface area contributed by atoms with Gasteiger partial charge in [-0.25, -0.2) is 0 Å². The van der Waals surface area contributed by atoms with Crippen LogP contribution < -0.4 is 0 Å². The maximum Gasteiger partial charge on any atom is 0.244 e. The summed E-state index contributed by atoms with van der Waals surface area (Å²) >= 11 is 0. The number of ether oxygens (including phenoxy) is 1. The fourth-order valence-corrected chi connectivity index (χ4v) is 4.71. The molecule has 2 atom stereocenters. The number of nitrogens with zero attached hydrogens (tertiary/aromatic N) is 1. The standard InChI is InChI=1S/C22H28NO2/c1-18-16-23(14-6-3-7-15-23)17-22(24,25-18)21-12-10-20(11-13-21)19-8-4-2-5-9-19/h2,4-5,8-13,18,24H,3,6-7,14-17H2,1H3/q+1. The molecule has 2 aromatic carbocycles. The van der Waals surface area contributed by atoms with Gasteiger partial charge < -0.3 is 14.3 Å². The average Bonchev–Trinajstić information content (AvgIpc) is 2.62. The molecule has 0 amide bonds. The van der Waals surface area contributed by atoms with E-state index in [0.717, 1.165) is 29.7 Å². The Morgan fingerprint density at radius 2 is 1.56 bits per heavy atom. The summed E-state index contributed by atoms with van der Waals surface area (Å²) in [6.45, 7) is 6.11. The van der Waals surface area contributed by atoms with Gasteiger partial charge in [0.05, 0.1) is 13.1 Å². The summed E-state index contributed by atoms with van der Waals surface area (Å²) in [5, 5.41) is 11.4. The minimum Gasteiger partial charge on any atom is -0.357 e. The Kier molecular flexibility index (Phi) is 4.40. The summed E-state index contributed by atoms with van der Waals surface area (Å²) in [4.78, 5) is 0. The van der Waals surface area contributed by atoms with Crippen LogP contribution in [0, 0.1) is 0 Å². The SMILES string of the molecule is CC1C[N+]2(CCCCC2)CC(O)(c2ccc(-c3ccccc3)cc2)O1. The van der Waals surface area contributed by atoms with E-state index in [9.17, 15) is 5.11 Å². The van der Waals surface area contributed by atoms with Crippen molar-refractivity contribution in [2.45, 2.75) is 38.1 Å². The van der Waals surface area contributed by atoms with Crippen molar-refractivity contribution in [1.29, 1.82) is 0 Å². The van der Waals surface area contributed by atoms with Gasteiger partial charge in [-0.05, 0) is 37.3 Å². The number of benzene rings is 2. The lowest BCUT2D eigenvalue weighted by molar-refractivity contribution is -0.955. The van der Waals surface area contributed by atoms with E-state index in [0.29, 0.717) is 6.54 Å². The first-order valence-corrected chi connectivity index (χ1v) is 9.50. The van der Waals surface area contributed by atoms with Crippen LogP contribution in [0.2, 0.25) is 0 Å². The third kappa shape index (κ3) is 3.37. The zero-order valence-electron chi connectivity index (χ0n) is 15.0. The smallest absolute Gasteiger partial charge is 0.244 e. The summed E-state index contributed by atoms with van der Waals surface area (Å²) in [7, 11) is 0. The van der Waals surface area contributed by atoms with Crippen LogP contribution in [0.25, 0.3) is 11.1 Å². The predicted octanol–water partition coefficient (Wildman–Crippen LogP) is 3.92. The van der Waals surface area contributed by atoms with Crippen molar-refractivity contribution in [1.82, 2.24) is 0 Å². The van der Waals surface area contributed by atoms with Crippen LogP contribution in [0.15, 0.2) is 54.6 Å². The molecule has 2 fully saturated rings. The minimum atomic E-state index is -1.18. The van der Waals surface area contributed by atoms with Crippen LogP contribution >= 0.6 is 0 Å². The molecule has 0 bridgehead atoms.